The van der Waals surface area contributed by atoms with Gasteiger partial charge < -0.3 is 10.2 Å². The lowest BCUT2D eigenvalue weighted by molar-refractivity contribution is 0.313. The van der Waals surface area contributed by atoms with Crippen LogP contribution in [0.2, 0.25) is 0 Å². The summed E-state index contributed by atoms with van der Waals surface area (Å²) in [5, 5.41) is 5.58. The molecule has 1 rings (SSSR count). The van der Waals surface area contributed by atoms with Gasteiger partial charge in [-0.25, -0.2) is 4.98 Å². The van der Waals surface area contributed by atoms with Crippen molar-refractivity contribution >= 4 is 11.3 Å². The topological polar surface area (TPSA) is 28.2 Å². The first-order valence-electron chi connectivity index (χ1n) is 6.47. The molecule has 0 aliphatic heterocycles. The van der Waals surface area contributed by atoms with E-state index < -0.39 is 0 Å². The number of hydrogen-bond acceptors (Lipinski definition) is 4. The summed E-state index contributed by atoms with van der Waals surface area (Å²) in [5.74, 6) is 0. The van der Waals surface area contributed by atoms with E-state index in [-0.39, 0.29) is 0 Å². The lowest BCUT2D eigenvalue weighted by Gasteiger charge is -2.15. The summed E-state index contributed by atoms with van der Waals surface area (Å²) in [6, 6.07) is 0.613. The quantitative estimate of drug-likeness (QED) is 0.688. The molecule has 0 bridgehead atoms. The fraction of sp³-hybridized carbons (Fsp3) is 0.769. The van der Waals surface area contributed by atoms with Crippen molar-refractivity contribution in [3.63, 3.8) is 0 Å². The molecule has 0 aliphatic rings. The van der Waals surface area contributed by atoms with E-state index in [0.717, 1.165) is 13.1 Å². The van der Waals surface area contributed by atoms with E-state index in [1.807, 2.05) is 5.51 Å². The normalized spacial score (nSPS) is 11.6. The standard InChI is InChI=1S/C13H25N3S/c1-12(2)14-7-5-4-6-8-16(3)9-13-10-17-11-15-13/h10-12,14H,4-9H2,1-3H3. The molecule has 0 saturated heterocycles. The molecule has 0 unspecified atom stereocenters. The van der Waals surface area contributed by atoms with E-state index in [1.165, 1.54) is 31.5 Å². The van der Waals surface area contributed by atoms with Gasteiger partial charge in [0.05, 0.1) is 11.2 Å². The van der Waals surface area contributed by atoms with Gasteiger partial charge in [-0.3, -0.25) is 0 Å². The molecule has 0 spiro atoms. The molecule has 0 atom stereocenters. The molecule has 0 amide bonds. The summed E-state index contributed by atoms with van der Waals surface area (Å²) in [6.45, 7) is 7.68. The first-order valence-corrected chi connectivity index (χ1v) is 7.41. The molecule has 0 radical (unpaired) electrons. The molecule has 1 aromatic heterocycles. The average Bonchev–Trinajstić information content (AvgIpc) is 2.75. The molecular formula is C13H25N3S. The van der Waals surface area contributed by atoms with E-state index in [4.69, 9.17) is 0 Å². The average molecular weight is 255 g/mol. The third-order valence-corrected chi connectivity index (χ3v) is 3.32. The molecule has 1 aromatic rings. The first kappa shape index (κ1) is 14.6. The summed E-state index contributed by atoms with van der Waals surface area (Å²) in [5.41, 5.74) is 3.10. The zero-order valence-corrected chi connectivity index (χ0v) is 12.1. The molecule has 0 aliphatic carbocycles. The van der Waals surface area contributed by atoms with Crippen molar-refractivity contribution in [1.82, 2.24) is 15.2 Å². The Hall–Kier alpha value is -0.450. The summed E-state index contributed by atoms with van der Waals surface area (Å²) in [4.78, 5) is 6.65. The van der Waals surface area contributed by atoms with E-state index in [1.54, 1.807) is 11.3 Å². The molecule has 1 N–H and O–H groups in total. The molecule has 0 aromatic carbocycles. The lowest BCUT2D eigenvalue weighted by Crippen LogP contribution is -2.24. The van der Waals surface area contributed by atoms with Crippen LogP contribution in [0.25, 0.3) is 0 Å². The van der Waals surface area contributed by atoms with Crippen LogP contribution in [0.1, 0.15) is 38.8 Å². The highest BCUT2D eigenvalue weighted by Crippen LogP contribution is 2.05. The third kappa shape index (κ3) is 7.47. The van der Waals surface area contributed by atoms with Crippen LogP contribution in [0.3, 0.4) is 0 Å². The Morgan fingerprint density at radius 1 is 1.35 bits per heavy atom. The van der Waals surface area contributed by atoms with Gasteiger partial charge in [0.15, 0.2) is 0 Å². The molecular weight excluding hydrogens is 230 g/mol. The Labute approximate surface area is 109 Å². The maximum absolute atomic E-state index is 4.30. The van der Waals surface area contributed by atoms with Crippen molar-refractivity contribution in [2.45, 2.75) is 45.7 Å². The van der Waals surface area contributed by atoms with Gasteiger partial charge in [0.2, 0.25) is 0 Å². The molecule has 0 saturated carbocycles. The smallest absolute Gasteiger partial charge is 0.0795 e. The van der Waals surface area contributed by atoms with E-state index in [0.29, 0.717) is 6.04 Å². The summed E-state index contributed by atoms with van der Waals surface area (Å²) in [7, 11) is 2.17. The molecule has 98 valence electrons. The van der Waals surface area contributed by atoms with Crippen molar-refractivity contribution in [3.05, 3.63) is 16.6 Å². The number of hydrogen-bond donors (Lipinski definition) is 1. The molecule has 3 nitrogen and oxygen atoms in total. The highest BCUT2D eigenvalue weighted by atomic mass is 32.1. The van der Waals surface area contributed by atoms with Crippen molar-refractivity contribution in [1.29, 1.82) is 0 Å². The minimum atomic E-state index is 0.613. The lowest BCUT2D eigenvalue weighted by atomic mass is 10.2. The van der Waals surface area contributed by atoms with Crippen LogP contribution in [-0.4, -0.2) is 36.1 Å². The summed E-state index contributed by atoms with van der Waals surface area (Å²) < 4.78 is 0. The Morgan fingerprint density at radius 3 is 2.82 bits per heavy atom. The third-order valence-electron chi connectivity index (χ3n) is 2.68. The highest BCUT2D eigenvalue weighted by Gasteiger charge is 2.01. The Bertz CT molecular complexity index is 272. The summed E-state index contributed by atoms with van der Waals surface area (Å²) in [6.07, 6.45) is 3.87. The van der Waals surface area contributed by atoms with Gasteiger partial charge in [0.1, 0.15) is 0 Å². The Balaban J connectivity index is 1.95. The largest absolute Gasteiger partial charge is 0.315 e. The number of nitrogens with one attached hydrogen (secondary N) is 1. The number of aromatic nitrogens is 1. The predicted molar refractivity (Wildman–Crippen MR) is 75.4 cm³/mol. The van der Waals surface area contributed by atoms with Crippen LogP contribution < -0.4 is 5.32 Å². The van der Waals surface area contributed by atoms with Crippen molar-refractivity contribution in [2.75, 3.05) is 20.1 Å². The van der Waals surface area contributed by atoms with Crippen molar-refractivity contribution < 1.29 is 0 Å². The second-order valence-corrected chi connectivity index (χ2v) is 5.61. The molecule has 0 fully saturated rings. The van der Waals surface area contributed by atoms with E-state index in [2.05, 4.69) is 41.5 Å². The Morgan fingerprint density at radius 2 is 2.18 bits per heavy atom. The number of rotatable bonds is 9. The summed E-state index contributed by atoms with van der Waals surface area (Å²) >= 11 is 1.67. The minimum Gasteiger partial charge on any atom is -0.315 e. The van der Waals surface area contributed by atoms with E-state index in [9.17, 15) is 0 Å². The van der Waals surface area contributed by atoms with Gasteiger partial charge in [-0.1, -0.05) is 20.3 Å². The van der Waals surface area contributed by atoms with Crippen LogP contribution in [0.4, 0.5) is 0 Å². The van der Waals surface area contributed by atoms with Crippen LogP contribution in [0.5, 0.6) is 0 Å². The van der Waals surface area contributed by atoms with Gasteiger partial charge in [0, 0.05) is 18.0 Å². The van der Waals surface area contributed by atoms with Gasteiger partial charge >= 0.3 is 0 Å². The van der Waals surface area contributed by atoms with E-state index >= 15 is 0 Å². The number of thiazole rings is 1. The van der Waals surface area contributed by atoms with Crippen molar-refractivity contribution in [3.8, 4) is 0 Å². The zero-order valence-electron chi connectivity index (χ0n) is 11.3. The zero-order chi connectivity index (χ0) is 12.5. The minimum absolute atomic E-state index is 0.613. The maximum Gasteiger partial charge on any atom is 0.0795 e. The first-order chi connectivity index (χ1) is 8.18. The van der Waals surface area contributed by atoms with Crippen LogP contribution in [0, 0.1) is 0 Å². The fourth-order valence-corrected chi connectivity index (χ4v) is 2.30. The van der Waals surface area contributed by atoms with Crippen LogP contribution >= 0.6 is 11.3 Å². The van der Waals surface area contributed by atoms with Crippen LogP contribution in [-0.2, 0) is 6.54 Å². The SMILES string of the molecule is CC(C)NCCCCCN(C)Cc1cscn1. The molecule has 17 heavy (non-hydrogen) atoms. The fourth-order valence-electron chi connectivity index (χ4n) is 1.75. The van der Waals surface area contributed by atoms with Crippen molar-refractivity contribution in [2.24, 2.45) is 0 Å². The number of unbranched alkanes of at least 4 members (excludes halogenated alkanes) is 2. The molecule has 4 heteroatoms. The molecule has 1 heterocycles. The monoisotopic (exact) mass is 255 g/mol. The second kappa shape index (κ2) is 8.61. The van der Waals surface area contributed by atoms with Gasteiger partial charge in [0.25, 0.3) is 0 Å². The van der Waals surface area contributed by atoms with Gasteiger partial charge in [-0.2, -0.15) is 0 Å². The van der Waals surface area contributed by atoms with Gasteiger partial charge in [-0.05, 0) is 33.0 Å². The predicted octanol–water partition coefficient (Wildman–Crippen LogP) is 2.74. The van der Waals surface area contributed by atoms with Crippen LogP contribution in [0.15, 0.2) is 10.9 Å². The second-order valence-electron chi connectivity index (χ2n) is 4.89. The van der Waals surface area contributed by atoms with Gasteiger partial charge in [-0.15, -0.1) is 11.3 Å². The number of nitrogens with zero attached hydrogens (tertiary/aromatic N) is 2. The maximum atomic E-state index is 4.30. The highest BCUT2D eigenvalue weighted by molar-refractivity contribution is 7.07. The Kier molecular flexibility index (Phi) is 7.40.